The molecule has 2 aliphatic carbocycles. The van der Waals surface area contributed by atoms with Gasteiger partial charge in [-0.3, -0.25) is 0 Å². The Morgan fingerprint density at radius 2 is 1.24 bits per heavy atom. The van der Waals surface area contributed by atoms with E-state index in [1.807, 2.05) is 17.8 Å². The third kappa shape index (κ3) is 3.88. The molecular weight excluding hydrogens is 611 g/mol. The number of nitriles is 1. The van der Waals surface area contributed by atoms with Crippen molar-refractivity contribution in [2.75, 3.05) is 0 Å². The normalized spacial score (nSPS) is 18.4. The second-order valence-corrected chi connectivity index (χ2v) is 14.6. The fraction of sp³-hybridized carbons (Fsp3) is 0.0851. The van der Waals surface area contributed by atoms with Crippen LogP contribution in [0.2, 0.25) is 0 Å². The Morgan fingerprint density at radius 1 is 0.612 bits per heavy atom. The van der Waals surface area contributed by atoms with Crippen molar-refractivity contribution >= 4 is 38.9 Å². The Hall–Kier alpha value is -5.62. The highest BCUT2D eigenvalue weighted by Gasteiger charge is 2.50. The first-order valence-electron chi connectivity index (χ1n) is 17.1. The fourth-order valence-electron chi connectivity index (χ4n) is 8.95. The number of hydrogen-bond acceptors (Lipinski definition) is 2. The highest BCUT2D eigenvalue weighted by molar-refractivity contribution is 7.99. The molecule has 0 radical (unpaired) electrons. The molecule has 0 saturated heterocycles. The number of hydrogen-bond donors (Lipinski definition) is 0. The molecule has 10 rings (SSSR count). The van der Waals surface area contributed by atoms with Crippen molar-refractivity contribution in [2.24, 2.45) is 5.92 Å². The molecule has 0 amide bonds. The minimum atomic E-state index is -0.549. The second-order valence-electron chi connectivity index (χ2n) is 13.5. The molecule has 1 spiro atoms. The largest absolute Gasteiger partial charge is 0.192 e. The lowest BCUT2D eigenvalue weighted by Crippen LogP contribution is -2.32. The van der Waals surface area contributed by atoms with Crippen LogP contribution in [0.5, 0.6) is 0 Å². The van der Waals surface area contributed by atoms with Crippen LogP contribution in [0.15, 0.2) is 161 Å². The van der Waals surface area contributed by atoms with Gasteiger partial charge in [0, 0.05) is 9.79 Å². The third-order valence-electron chi connectivity index (χ3n) is 11.0. The monoisotopic (exact) mass is 641 g/mol. The highest BCUT2D eigenvalue weighted by atomic mass is 32.2. The number of nitrogens with zero attached hydrogens (tertiary/aromatic N) is 1. The molecule has 0 N–H and O–H groups in total. The Balaban J connectivity index is 1.32. The Morgan fingerprint density at radius 3 is 1.98 bits per heavy atom. The van der Waals surface area contributed by atoms with Gasteiger partial charge in [0.1, 0.15) is 0 Å². The number of benzene rings is 7. The Kier molecular flexibility index (Phi) is 6.20. The molecule has 2 atom stereocenters. The first-order chi connectivity index (χ1) is 24.2. The molecule has 1 aliphatic heterocycles. The molecule has 3 aliphatic rings. The van der Waals surface area contributed by atoms with Gasteiger partial charge < -0.3 is 0 Å². The quantitative estimate of drug-likeness (QED) is 0.175. The molecule has 0 bridgehead atoms. The van der Waals surface area contributed by atoms with Gasteiger partial charge in [-0.25, -0.2) is 0 Å². The maximum absolute atomic E-state index is 10.1. The van der Waals surface area contributed by atoms with Crippen LogP contribution in [-0.2, 0) is 5.41 Å². The lowest BCUT2D eigenvalue weighted by Gasteiger charge is -2.40. The van der Waals surface area contributed by atoms with Gasteiger partial charge in [0.15, 0.2) is 0 Å². The molecule has 1 heterocycles. The summed E-state index contributed by atoms with van der Waals surface area (Å²) in [6.45, 7) is 2.35. The van der Waals surface area contributed by atoms with E-state index in [2.05, 4.69) is 159 Å². The van der Waals surface area contributed by atoms with E-state index in [1.54, 1.807) is 0 Å². The van der Waals surface area contributed by atoms with Crippen molar-refractivity contribution < 1.29 is 0 Å². The SMILES string of the molecule is CC1CC=CC=C1c1c2ccccc2c(-c2ccc3c(c2)C2(c4ccccc4S3)c3ccccc3-c3ccc(C#N)cc32)c2ccccc12. The van der Waals surface area contributed by atoms with E-state index in [0.717, 1.165) is 6.42 Å². The first kappa shape index (κ1) is 28.4. The molecule has 2 heteroatoms. The van der Waals surface area contributed by atoms with Gasteiger partial charge in [0.2, 0.25) is 0 Å². The molecule has 49 heavy (non-hydrogen) atoms. The van der Waals surface area contributed by atoms with Gasteiger partial charge in [0.25, 0.3) is 0 Å². The van der Waals surface area contributed by atoms with Crippen LogP contribution in [0.4, 0.5) is 0 Å². The maximum Gasteiger partial charge on any atom is 0.0991 e. The van der Waals surface area contributed by atoms with Gasteiger partial charge in [0.05, 0.1) is 17.0 Å². The average molecular weight is 642 g/mol. The van der Waals surface area contributed by atoms with Gasteiger partial charge in [-0.05, 0) is 120 Å². The zero-order valence-electron chi connectivity index (χ0n) is 27.1. The Labute approximate surface area is 290 Å². The van der Waals surface area contributed by atoms with Gasteiger partial charge >= 0.3 is 0 Å². The summed E-state index contributed by atoms with van der Waals surface area (Å²) in [4.78, 5) is 2.52. The van der Waals surface area contributed by atoms with E-state index < -0.39 is 5.41 Å². The molecule has 7 aromatic carbocycles. The van der Waals surface area contributed by atoms with Crippen LogP contribution in [0, 0.1) is 17.2 Å². The lowest BCUT2D eigenvalue weighted by molar-refractivity contribution is 0.722. The summed E-state index contributed by atoms with van der Waals surface area (Å²) in [5, 5.41) is 15.3. The average Bonchev–Trinajstić information content (AvgIpc) is 3.44. The van der Waals surface area contributed by atoms with Crippen LogP contribution in [-0.4, -0.2) is 0 Å². The van der Waals surface area contributed by atoms with E-state index in [0.29, 0.717) is 11.5 Å². The van der Waals surface area contributed by atoms with E-state index in [9.17, 15) is 5.26 Å². The third-order valence-corrected chi connectivity index (χ3v) is 12.2. The van der Waals surface area contributed by atoms with Crippen molar-refractivity contribution in [3.05, 3.63) is 185 Å². The van der Waals surface area contributed by atoms with Crippen LogP contribution in [0.1, 0.15) is 46.7 Å². The molecule has 230 valence electrons. The summed E-state index contributed by atoms with van der Waals surface area (Å²) in [6, 6.07) is 51.6. The zero-order valence-corrected chi connectivity index (χ0v) is 27.9. The van der Waals surface area contributed by atoms with Crippen LogP contribution >= 0.6 is 11.8 Å². The van der Waals surface area contributed by atoms with Crippen LogP contribution < -0.4 is 0 Å². The summed E-state index contributed by atoms with van der Waals surface area (Å²) < 4.78 is 0. The van der Waals surface area contributed by atoms with Crippen molar-refractivity contribution in [2.45, 2.75) is 28.6 Å². The Bertz CT molecular complexity index is 2590. The van der Waals surface area contributed by atoms with Crippen molar-refractivity contribution in [3.8, 4) is 28.3 Å². The molecule has 0 saturated carbocycles. The van der Waals surface area contributed by atoms with Gasteiger partial charge in [-0.2, -0.15) is 5.26 Å². The lowest BCUT2D eigenvalue weighted by atomic mass is 9.66. The van der Waals surface area contributed by atoms with Crippen LogP contribution in [0.3, 0.4) is 0 Å². The second kappa shape index (κ2) is 10.7. The molecular formula is C47H31NS. The summed E-state index contributed by atoms with van der Waals surface area (Å²) in [5.41, 5.74) is 12.9. The fourth-order valence-corrected chi connectivity index (χ4v) is 10.1. The maximum atomic E-state index is 10.1. The van der Waals surface area contributed by atoms with E-state index in [1.165, 1.54) is 87.0 Å². The van der Waals surface area contributed by atoms with Crippen molar-refractivity contribution in [3.63, 3.8) is 0 Å². The standard InChI is InChI=1S/C47H31NS/c1-29-12-2-3-13-32(29)46-37-17-6-4-15-35(37)45(36-16-5-7-18-38(36)46)31-23-25-44-42(27-31)47(40-20-10-11-21-43(40)49-44)39-19-9-8-14-33(39)34-24-22-30(28-48)26-41(34)47/h2-11,13-27,29H,12H2,1H3. The molecule has 0 fully saturated rings. The molecule has 1 nitrogen and oxygen atoms in total. The highest BCUT2D eigenvalue weighted by Crippen LogP contribution is 2.62. The predicted octanol–water partition coefficient (Wildman–Crippen LogP) is 12.3. The smallest absolute Gasteiger partial charge is 0.0991 e. The van der Waals surface area contributed by atoms with Crippen LogP contribution in [0.25, 0.3) is 49.4 Å². The molecule has 0 aromatic heterocycles. The number of allylic oxidation sites excluding steroid dienone is 4. The number of fused-ring (bicyclic) bond motifs is 11. The summed E-state index contributed by atoms with van der Waals surface area (Å²) >= 11 is 1.86. The number of rotatable bonds is 2. The van der Waals surface area contributed by atoms with E-state index in [4.69, 9.17) is 0 Å². The summed E-state index contributed by atoms with van der Waals surface area (Å²) in [7, 11) is 0. The predicted molar refractivity (Wildman–Crippen MR) is 204 cm³/mol. The minimum Gasteiger partial charge on any atom is -0.192 e. The van der Waals surface area contributed by atoms with E-state index in [-0.39, 0.29) is 0 Å². The van der Waals surface area contributed by atoms with E-state index >= 15 is 0 Å². The summed E-state index contributed by atoms with van der Waals surface area (Å²) in [5.74, 6) is 0.448. The van der Waals surface area contributed by atoms with Gasteiger partial charge in [-0.1, -0.05) is 140 Å². The molecule has 2 unspecified atom stereocenters. The zero-order chi connectivity index (χ0) is 32.7. The van der Waals surface area contributed by atoms with Gasteiger partial charge in [-0.15, -0.1) is 0 Å². The topological polar surface area (TPSA) is 23.8 Å². The molecule has 7 aromatic rings. The first-order valence-corrected chi connectivity index (χ1v) is 17.9. The summed E-state index contributed by atoms with van der Waals surface area (Å²) in [6.07, 6.45) is 7.88. The minimum absolute atomic E-state index is 0.448. The van der Waals surface area contributed by atoms with Crippen molar-refractivity contribution in [1.82, 2.24) is 0 Å². The van der Waals surface area contributed by atoms with Crippen molar-refractivity contribution in [1.29, 1.82) is 5.26 Å².